The highest BCUT2D eigenvalue weighted by atomic mass is 16.5. The molecule has 1 aliphatic heterocycles. The maximum atomic E-state index is 12.8. The van der Waals surface area contributed by atoms with E-state index in [9.17, 15) is 9.59 Å². The lowest BCUT2D eigenvalue weighted by Gasteiger charge is -2.36. The molecule has 1 aliphatic carbocycles. The maximum Gasteiger partial charge on any atom is 0.306 e. The summed E-state index contributed by atoms with van der Waals surface area (Å²) in [6.07, 6.45) is 1.67. The van der Waals surface area contributed by atoms with Crippen LogP contribution in [0.2, 0.25) is 0 Å². The van der Waals surface area contributed by atoms with Crippen molar-refractivity contribution in [3.8, 4) is 0 Å². The number of morpholine rings is 1. The number of carboxylic acids is 1. The lowest BCUT2D eigenvalue weighted by molar-refractivity contribution is -0.145. The second-order valence-electron chi connectivity index (χ2n) is 6.12. The molecule has 2 heterocycles. The summed E-state index contributed by atoms with van der Waals surface area (Å²) >= 11 is 0. The topological polar surface area (TPSA) is 80.0 Å². The van der Waals surface area contributed by atoms with Gasteiger partial charge in [0.1, 0.15) is 17.6 Å². The van der Waals surface area contributed by atoms with E-state index in [2.05, 4.69) is 0 Å². The van der Waals surface area contributed by atoms with Crippen LogP contribution in [0, 0.1) is 18.8 Å². The van der Waals surface area contributed by atoms with Crippen molar-refractivity contribution in [3.05, 3.63) is 23.7 Å². The molecule has 22 heavy (non-hydrogen) atoms. The van der Waals surface area contributed by atoms with Gasteiger partial charge in [-0.25, -0.2) is 0 Å². The van der Waals surface area contributed by atoms with Gasteiger partial charge in [-0.3, -0.25) is 9.59 Å². The van der Waals surface area contributed by atoms with Crippen molar-refractivity contribution < 1.29 is 23.8 Å². The molecule has 3 rings (SSSR count). The predicted octanol–water partition coefficient (Wildman–Crippen LogP) is 1.99. The number of amides is 1. The first-order chi connectivity index (χ1) is 10.6. The summed E-state index contributed by atoms with van der Waals surface area (Å²) < 4.78 is 11.2. The molecule has 0 radical (unpaired) electrons. The van der Waals surface area contributed by atoms with Gasteiger partial charge in [-0.05, 0) is 38.3 Å². The van der Waals surface area contributed by atoms with E-state index >= 15 is 0 Å². The smallest absolute Gasteiger partial charge is 0.306 e. The largest absolute Gasteiger partial charge is 0.481 e. The fourth-order valence-electron chi connectivity index (χ4n) is 3.40. The van der Waals surface area contributed by atoms with Gasteiger partial charge in [0.2, 0.25) is 5.91 Å². The molecule has 1 N–H and O–H groups in total. The van der Waals surface area contributed by atoms with Crippen molar-refractivity contribution in [3.63, 3.8) is 0 Å². The maximum absolute atomic E-state index is 12.8. The van der Waals surface area contributed by atoms with Crippen molar-refractivity contribution in [1.29, 1.82) is 0 Å². The molecule has 0 spiro atoms. The number of furan rings is 1. The van der Waals surface area contributed by atoms with Crippen LogP contribution >= 0.6 is 0 Å². The molecule has 2 fully saturated rings. The van der Waals surface area contributed by atoms with E-state index in [0.29, 0.717) is 39.0 Å². The number of carboxylic acid groups (broad SMARTS) is 1. The van der Waals surface area contributed by atoms with Crippen molar-refractivity contribution in [2.45, 2.75) is 32.2 Å². The van der Waals surface area contributed by atoms with Gasteiger partial charge in [-0.15, -0.1) is 0 Å². The molecule has 6 heteroatoms. The molecule has 1 aromatic heterocycles. The Morgan fingerprint density at radius 1 is 1.27 bits per heavy atom. The molecule has 3 atom stereocenters. The Labute approximate surface area is 129 Å². The molecule has 0 bridgehead atoms. The summed E-state index contributed by atoms with van der Waals surface area (Å²) in [6, 6.07) is 3.55. The molecule has 6 nitrogen and oxygen atoms in total. The molecule has 1 saturated carbocycles. The van der Waals surface area contributed by atoms with Gasteiger partial charge >= 0.3 is 5.97 Å². The first-order valence-electron chi connectivity index (χ1n) is 7.73. The number of aryl methyl sites for hydroxylation is 1. The van der Waals surface area contributed by atoms with Crippen molar-refractivity contribution in [2.24, 2.45) is 11.8 Å². The average Bonchev–Trinajstić information content (AvgIpc) is 3.15. The number of carbonyl (C=O) groups is 2. The van der Waals surface area contributed by atoms with Gasteiger partial charge < -0.3 is 19.2 Å². The van der Waals surface area contributed by atoms with Crippen LogP contribution in [0.15, 0.2) is 16.5 Å². The van der Waals surface area contributed by atoms with E-state index in [1.807, 2.05) is 19.1 Å². The minimum absolute atomic E-state index is 0.0334. The third kappa shape index (κ3) is 2.88. The van der Waals surface area contributed by atoms with E-state index in [-0.39, 0.29) is 23.8 Å². The number of hydrogen-bond donors (Lipinski definition) is 1. The Hall–Kier alpha value is -1.82. The molecular weight excluding hydrogens is 286 g/mol. The van der Waals surface area contributed by atoms with Gasteiger partial charge in [0.25, 0.3) is 0 Å². The molecule has 120 valence electrons. The Bertz CT molecular complexity index is 567. The van der Waals surface area contributed by atoms with Gasteiger partial charge in [-0.2, -0.15) is 0 Å². The fourth-order valence-corrected chi connectivity index (χ4v) is 3.40. The normalized spacial score (nSPS) is 28.8. The SMILES string of the molecule is Cc1ccc(C2COCCN2C(=O)[C@@H]2CC[C@H](C(=O)O)C2)o1. The minimum atomic E-state index is -0.796. The van der Waals surface area contributed by atoms with Gasteiger partial charge in [-0.1, -0.05) is 0 Å². The molecular formula is C16H21NO5. The Morgan fingerprint density at radius 3 is 2.68 bits per heavy atom. The van der Waals surface area contributed by atoms with E-state index in [1.165, 1.54) is 0 Å². The van der Waals surface area contributed by atoms with Gasteiger partial charge in [0, 0.05) is 12.5 Å². The van der Waals surface area contributed by atoms with Crippen molar-refractivity contribution >= 4 is 11.9 Å². The summed E-state index contributed by atoms with van der Waals surface area (Å²) in [5, 5.41) is 9.10. The zero-order chi connectivity index (χ0) is 15.7. The quantitative estimate of drug-likeness (QED) is 0.923. The van der Waals surface area contributed by atoms with Crippen LogP contribution in [0.4, 0.5) is 0 Å². The van der Waals surface area contributed by atoms with Crippen LogP contribution < -0.4 is 0 Å². The van der Waals surface area contributed by atoms with Crippen LogP contribution in [-0.4, -0.2) is 41.6 Å². The molecule has 1 saturated heterocycles. The van der Waals surface area contributed by atoms with Crippen LogP contribution in [0.25, 0.3) is 0 Å². The lowest BCUT2D eigenvalue weighted by Crippen LogP contribution is -2.45. The monoisotopic (exact) mass is 307 g/mol. The van der Waals surface area contributed by atoms with Crippen molar-refractivity contribution in [2.75, 3.05) is 19.8 Å². The number of carbonyl (C=O) groups excluding carboxylic acids is 1. The number of nitrogens with zero attached hydrogens (tertiary/aromatic N) is 1. The third-order valence-corrected chi connectivity index (χ3v) is 4.63. The van der Waals surface area contributed by atoms with E-state index in [0.717, 1.165) is 11.5 Å². The van der Waals surface area contributed by atoms with Crippen LogP contribution in [0.3, 0.4) is 0 Å². The highest BCUT2D eigenvalue weighted by Gasteiger charge is 2.39. The summed E-state index contributed by atoms with van der Waals surface area (Å²) in [6.45, 7) is 3.33. The van der Waals surface area contributed by atoms with E-state index < -0.39 is 5.97 Å². The van der Waals surface area contributed by atoms with Crippen molar-refractivity contribution in [1.82, 2.24) is 4.90 Å². The Balaban J connectivity index is 1.73. The molecule has 2 aliphatic rings. The summed E-state index contributed by atoms with van der Waals surface area (Å²) in [4.78, 5) is 25.7. The summed E-state index contributed by atoms with van der Waals surface area (Å²) in [7, 11) is 0. The van der Waals surface area contributed by atoms with Gasteiger partial charge in [0.05, 0.1) is 19.1 Å². The number of aliphatic carboxylic acids is 1. The number of ether oxygens (including phenoxy) is 1. The first-order valence-corrected chi connectivity index (χ1v) is 7.73. The first kappa shape index (κ1) is 15.1. The van der Waals surface area contributed by atoms with Gasteiger partial charge in [0.15, 0.2) is 0 Å². The number of hydrogen-bond acceptors (Lipinski definition) is 4. The van der Waals surface area contributed by atoms with Crippen LogP contribution in [0.5, 0.6) is 0 Å². The van der Waals surface area contributed by atoms with E-state index in [1.54, 1.807) is 4.90 Å². The third-order valence-electron chi connectivity index (χ3n) is 4.63. The summed E-state index contributed by atoms with van der Waals surface area (Å²) in [5.74, 6) is 0.191. The molecule has 0 aromatic carbocycles. The second-order valence-corrected chi connectivity index (χ2v) is 6.12. The standard InChI is InChI=1S/C16H21NO5/c1-10-2-5-14(22-10)13-9-21-7-6-17(13)15(18)11-3-4-12(8-11)16(19)20/h2,5,11-13H,3-4,6-9H2,1H3,(H,19,20)/t11-,12+,13?/m1/s1. The highest BCUT2D eigenvalue weighted by Crippen LogP contribution is 2.35. The van der Waals surface area contributed by atoms with Crippen LogP contribution in [0.1, 0.15) is 36.8 Å². The second kappa shape index (κ2) is 6.12. The highest BCUT2D eigenvalue weighted by molar-refractivity contribution is 5.81. The Kier molecular flexibility index (Phi) is 4.20. The zero-order valence-corrected chi connectivity index (χ0v) is 12.7. The average molecular weight is 307 g/mol. The summed E-state index contributed by atoms with van der Waals surface area (Å²) in [5.41, 5.74) is 0. The zero-order valence-electron chi connectivity index (χ0n) is 12.7. The molecule has 1 aromatic rings. The lowest BCUT2D eigenvalue weighted by atomic mass is 10.0. The molecule has 1 amide bonds. The van der Waals surface area contributed by atoms with E-state index in [4.69, 9.17) is 14.3 Å². The predicted molar refractivity (Wildman–Crippen MR) is 77.2 cm³/mol. The fraction of sp³-hybridized carbons (Fsp3) is 0.625. The Morgan fingerprint density at radius 2 is 2.05 bits per heavy atom. The van der Waals surface area contributed by atoms with Crippen LogP contribution in [-0.2, 0) is 14.3 Å². The number of rotatable bonds is 3. The molecule has 1 unspecified atom stereocenters. The minimum Gasteiger partial charge on any atom is -0.481 e.